The second kappa shape index (κ2) is 6.90. The van der Waals surface area contributed by atoms with Gasteiger partial charge < -0.3 is 0 Å². The monoisotopic (exact) mass is 378 g/mol. The molecule has 3 rings (SSSR count). The van der Waals surface area contributed by atoms with Gasteiger partial charge in [0.2, 0.25) is 0 Å². The van der Waals surface area contributed by atoms with Crippen LogP contribution in [0, 0.1) is 0 Å². The molecule has 0 spiro atoms. The van der Waals surface area contributed by atoms with Crippen LogP contribution in [0.4, 0.5) is 0 Å². The molecule has 0 saturated heterocycles. The summed E-state index contributed by atoms with van der Waals surface area (Å²) >= 11 is 7.02. The highest BCUT2D eigenvalue weighted by Gasteiger charge is 2.13. The lowest BCUT2D eigenvalue weighted by Gasteiger charge is -2.05. The first-order valence-electron chi connectivity index (χ1n) is 6.90. The van der Waals surface area contributed by atoms with E-state index >= 15 is 0 Å². The topological polar surface area (TPSA) is 25.8 Å². The Labute approximate surface area is 141 Å². The molecule has 2 nitrogen and oxygen atoms in total. The maximum absolute atomic E-state index is 4.50. The first-order chi connectivity index (χ1) is 10.3. The van der Waals surface area contributed by atoms with E-state index in [1.165, 1.54) is 29.4 Å². The zero-order valence-electron chi connectivity index (χ0n) is 11.7. The van der Waals surface area contributed by atoms with Crippen LogP contribution >= 0.6 is 39.0 Å². The molecule has 0 saturated carbocycles. The van der Waals surface area contributed by atoms with Crippen LogP contribution in [0.3, 0.4) is 0 Å². The number of nitrogens with zero attached hydrogens (tertiary/aromatic N) is 2. The van der Waals surface area contributed by atoms with Gasteiger partial charge >= 0.3 is 0 Å². The van der Waals surface area contributed by atoms with Crippen LogP contribution in [-0.4, -0.2) is 15.7 Å². The van der Waals surface area contributed by atoms with E-state index in [1.807, 2.05) is 11.8 Å². The molecular weight excluding hydrogens is 364 g/mol. The minimum absolute atomic E-state index is 1.07. The second-order valence-corrected chi connectivity index (χ2v) is 7.57. The molecule has 2 heterocycles. The van der Waals surface area contributed by atoms with Crippen LogP contribution in [0.25, 0.3) is 21.3 Å². The van der Waals surface area contributed by atoms with Gasteiger partial charge in [0.25, 0.3) is 0 Å². The minimum Gasteiger partial charge on any atom is -0.229 e. The molecule has 108 valence electrons. The molecule has 0 N–H and O–H groups in total. The lowest BCUT2D eigenvalue weighted by Crippen LogP contribution is -1.87. The number of aromatic nitrogens is 2. The zero-order valence-corrected chi connectivity index (χ0v) is 14.9. The van der Waals surface area contributed by atoms with E-state index in [9.17, 15) is 0 Å². The summed E-state index contributed by atoms with van der Waals surface area (Å²) in [4.78, 5) is 9.99. The average Bonchev–Trinajstić information content (AvgIpc) is 2.93. The first kappa shape index (κ1) is 15.0. The summed E-state index contributed by atoms with van der Waals surface area (Å²) in [6, 6.07) is 8.43. The van der Waals surface area contributed by atoms with Crippen molar-refractivity contribution >= 4 is 49.2 Å². The third-order valence-corrected chi connectivity index (χ3v) is 5.72. The van der Waals surface area contributed by atoms with Gasteiger partial charge in [-0.25, -0.2) is 9.97 Å². The maximum atomic E-state index is 4.50. The quantitative estimate of drug-likeness (QED) is 0.308. The average molecular weight is 379 g/mol. The van der Waals surface area contributed by atoms with Crippen molar-refractivity contribution < 1.29 is 0 Å². The molecule has 2 aromatic heterocycles. The standard InChI is InChI=1S/C16H15BrN2S2/c1-2-3-8-20-15-14-13(9-21-16(14)19-10-18-15)11-4-6-12(17)7-5-11/h4-7,9-10H,2-3,8H2,1H3. The van der Waals surface area contributed by atoms with Crippen LogP contribution < -0.4 is 0 Å². The number of rotatable bonds is 5. The van der Waals surface area contributed by atoms with E-state index in [0.29, 0.717) is 0 Å². The maximum Gasteiger partial charge on any atom is 0.128 e. The Kier molecular flexibility index (Phi) is 4.93. The first-order valence-corrected chi connectivity index (χ1v) is 9.56. The van der Waals surface area contributed by atoms with Crippen LogP contribution in [-0.2, 0) is 0 Å². The molecular formula is C16H15BrN2S2. The van der Waals surface area contributed by atoms with Crippen molar-refractivity contribution in [2.45, 2.75) is 24.8 Å². The Morgan fingerprint density at radius 1 is 1.19 bits per heavy atom. The van der Waals surface area contributed by atoms with E-state index in [2.05, 4.69) is 62.5 Å². The number of fused-ring (bicyclic) bond motifs is 1. The van der Waals surface area contributed by atoms with Crippen molar-refractivity contribution in [3.63, 3.8) is 0 Å². The molecule has 0 fully saturated rings. The van der Waals surface area contributed by atoms with E-state index < -0.39 is 0 Å². The van der Waals surface area contributed by atoms with Gasteiger partial charge in [-0.15, -0.1) is 23.1 Å². The Morgan fingerprint density at radius 3 is 2.76 bits per heavy atom. The number of unbranched alkanes of at least 4 members (excludes halogenated alkanes) is 1. The summed E-state index contributed by atoms with van der Waals surface area (Å²) in [5, 5.41) is 4.49. The highest BCUT2D eigenvalue weighted by Crippen LogP contribution is 2.38. The molecule has 0 aliphatic heterocycles. The fourth-order valence-electron chi connectivity index (χ4n) is 2.11. The lowest BCUT2D eigenvalue weighted by atomic mass is 10.1. The Hall–Kier alpha value is -0.910. The van der Waals surface area contributed by atoms with Gasteiger partial charge in [0.1, 0.15) is 16.2 Å². The van der Waals surface area contributed by atoms with E-state index in [-0.39, 0.29) is 0 Å². The van der Waals surface area contributed by atoms with Gasteiger partial charge in [0.05, 0.1) is 5.39 Å². The van der Waals surface area contributed by atoms with Crippen molar-refractivity contribution in [2.24, 2.45) is 0 Å². The van der Waals surface area contributed by atoms with Crippen LogP contribution in [0.1, 0.15) is 19.8 Å². The summed E-state index contributed by atoms with van der Waals surface area (Å²) in [5.74, 6) is 1.11. The number of halogens is 1. The summed E-state index contributed by atoms with van der Waals surface area (Å²) < 4.78 is 1.10. The van der Waals surface area contributed by atoms with Crippen LogP contribution in [0.5, 0.6) is 0 Å². The number of thiophene rings is 1. The van der Waals surface area contributed by atoms with E-state index in [4.69, 9.17) is 0 Å². The SMILES string of the molecule is CCCCSc1ncnc2scc(-c3ccc(Br)cc3)c12. The number of thioether (sulfide) groups is 1. The Balaban J connectivity index is 2.04. The molecule has 1 aromatic carbocycles. The third-order valence-electron chi connectivity index (χ3n) is 3.23. The van der Waals surface area contributed by atoms with Gasteiger partial charge in [-0.05, 0) is 29.9 Å². The molecule has 0 amide bonds. The van der Waals surface area contributed by atoms with Crippen LogP contribution in [0.2, 0.25) is 0 Å². The smallest absolute Gasteiger partial charge is 0.128 e. The highest BCUT2D eigenvalue weighted by atomic mass is 79.9. The van der Waals surface area contributed by atoms with E-state index in [0.717, 1.165) is 20.1 Å². The van der Waals surface area contributed by atoms with Crippen molar-refractivity contribution in [2.75, 3.05) is 5.75 Å². The normalized spacial score (nSPS) is 11.1. The fraction of sp³-hybridized carbons (Fsp3) is 0.250. The number of hydrogen-bond acceptors (Lipinski definition) is 4. The molecule has 0 unspecified atom stereocenters. The van der Waals surface area contributed by atoms with Gasteiger partial charge in [0.15, 0.2) is 0 Å². The van der Waals surface area contributed by atoms with Crippen LogP contribution in [0.15, 0.2) is 45.5 Å². The molecule has 0 atom stereocenters. The Morgan fingerprint density at radius 2 is 2.00 bits per heavy atom. The third kappa shape index (κ3) is 3.30. The summed E-state index contributed by atoms with van der Waals surface area (Å²) in [6.07, 6.45) is 4.11. The highest BCUT2D eigenvalue weighted by molar-refractivity contribution is 9.10. The molecule has 3 aromatic rings. The fourth-order valence-corrected chi connectivity index (χ4v) is 4.46. The van der Waals surface area contributed by atoms with E-state index in [1.54, 1.807) is 17.7 Å². The summed E-state index contributed by atoms with van der Waals surface area (Å²) in [6.45, 7) is 2.22. The lowest BCUT2D eigenvalue weighted by molar-refractivity contribution is 0.895. The van der Waals surface area contributed by atoms with Gasteiger partial charge in [0, 0.05) is 15.4 Å². The minimum atomic E-state index is 1.07. The molecule has 21 heavy (non-hydrogen) atoms. The largest absolute Gasteiger partial charge is 0.229 e. The van der Waals surface area contributed by atoms with Gasteiger partial charge in [-0.1, -0.05) is 41.4 Å². The predicted octanol–water partition coefficient (Wildman–Crippen LogP) is 6.01. The van der Waals surface area contributed by atoms with Gasteiger partial charge in [-0.2, -0.15) is 0 Å². The number of benzene rings is 1. The van der Waals surface area contributed by atoms with Crippen molar-refractivity contribution in [3.8, 4) is 11.1 Å². The molecule has 0 radical (unpaired) electrons. The van der Waals surface area contributed by atoms with Crippen molar-refractivity contribution in [3.05, 3.63) is 40.4 Å². The molecule has 5 heteroatoms. The van der Waals surface area contributed by atoms with Crippen molar-refractivity contribution in [1.82, 2.24) is 9.97 Å². The van der Waals surface area contributed by atoms with Gasteiger partial charge in [-0.3, -0.25) is 0 Å². The zero-order chi connectivity index (χ0) is 14.7. The molecule has 0 bridgehead atoms. The number of hydrogen-bond donors (Lipinski definition) is 0. The van der Waals surface area contributed by atoms with Crippen molar-refractivity contribution in [1.29, 1.82) is 0 Å². The predicted molar refractivity (Wildman–Crippen MR) is 96.2 cm³/mol. The molecule has 0 aliphatic carbocycles. The summed E-state index contributed by atoms with van der Waals surface area (Å²) in [5.41, 5.74) is 2.46. The summed E-state index contributed by atoms with van der Waals surface area (Å²) in [7, 11) is 0. The molecule has 0 aliphatic rings. The second-order valence-electron chi connectivity index (χ2n) is 4.72. The Bertz CT molecular complexity index is 738.